The lowest BCUT2D eigenvalue weighted by Gasteiger charge is -2.13. The Hall–Kier alpha value is -0.730. The summed E-state index contributed by atoms with van der Waals surface area (Å²) in [6, 6.07) is 7.39. The molecular formula is C11H13Cl2NO. The average molecular weight is 246 g/mol. The number of nitrogens with one attached hydrogen (secondary N) is 1. The van der Waals surface area contributed by atoms with Crippen LogP contribution in [0.4, 0.5) is 0 Å². The van der Waals surface area contributed by atoms with Gasteiger partial charge in [0.2, 0.25) is 5.91 Å². The zero-order chi connectivity index (χ0) is 11.3. The molecule has 1 amide bonds. The van der Waals surface area contributed by atoms with Crippen LogP contribution in [0.1, 0.15) is 24.9 Å². The molecule has 1 atom stereocenters. The molecule has 15 heavy (non-hydrogen) atoms. The summed E-state index contributed by atoms with van der Waals surface area (Å²) in [6.45, 7) is 1.93. The van der Waals surface area contributed by atoms with Crippen molar-refractivity contribution in [2.24, 2.45) is 0 Å². The number of carbonyl (C=O) groups excluding carboxylic acids is 1. The smallest absolute Gasteiger partial charge is 0.221 e. The third kappa shape index (κ3) is 4.10. The molecule has 0 radical (unpaired) electrons. The summed E-state index contributed by atoms with van der Waals surface area (Å²) in [5.74, 6) is 0.312. The summed E-state index contributed by atoms with van der Waals surface area (Å²) in [5.41, 5.74) is 1.03. The van der Waals surface area contributed by atoms with Gasteiger partial charge in [0.1, 0.15) is 0 Å². The quantitative estimate of drug-likeness (QED) is 0.812. The molecule has 82 valence electrons. The van der Waals surface area contributed by atoms with Crippen LogP contribution in [-0.4, -0.2) is 11.8 Å². The van der Waals surface area contributed by atoms with E-state index in [1.807, 2.05) is 19.1 Å². The van der Waals surface area contributed by atoms with E-state index in [-0.39, 0.29) is 11.9 Å². The molecule has 1 rings (SSSR count). The second-order valence-corrected chi connectivity index (χ2v) is 4.09. The number of hydrogen-bond acceptors (Lipinski definition) is 1. The van der Waals surface area contributed by atoms with Crippen LogP contribution < -0.4 is 5.32 Å². The Balaban J connectivity index is 2.57. The predicted molar refractivity (Wildman–Crippen MR) is 63.3 cm³/mol. The van der Waals surface area contributed by atoms with Crippen molar-refractivity contribution in [3.63, 3.8) is 0 Å². The Labute approximate surface area is 99.6 Å². The van der Waals surface area contributed by atoms with Gasteiger partial charge in [-0.25, -0.2) is 0 Å². The molecular weight excluding hydrogens is 233 g/mol. The molecule has 1 unspecified atom stereocenters. The number of alkyl halides is 1. The second-order valence-electron chi connectivity index (χ2n) is 3.28. The molecule has 1 N–H and O–H groups in total. The monoisotopic (exact) mass is 245 g/mol. The third-order valence-corrected chi connectivity index (χ3v) is 2.51. The molecule has 0 spiro atoms. The van der Waals surface area contributed by atoms with E-state index in [0.717, 1.165) is 5.56 Å². The van der Waals surface area contributed by atoms with E-state index in [1.54, 1.807) is 12.1 Å². The Morgan fingerprint density at radius 1 is 1.40 bits per heavy atom. The highest BCUT2D eigenvalue weighted by molar-refractivity contribution is 6.30. The summed E-state index contributed by atoms with van der Waals surface area (Å²) >= 11 is 11.2. The lowest BCUT2D eigenvalue weighted by Crippen LogP contribution is -2.26. The number of hydrogen-bond donors (Lipinski definition) is 1. The number of rotatable bonds is 4. The van der Waals surface area contributed by atoms with Crippen LogP contribution in [0.2, 0.25) is 5.02 Å². The van der Waals surface area contributed by atoms with Crippen LogP contribution in [0.5, 0.6) is 0 Å². The summed E-state index contributed by atoms with van der Waals surface area (Å²) in [7, 11) is 0. The van der Waals surface area contributed by atoms with E-state index in [4.69, 9.17) is 23.2 Å². The fourth-order valence-electron chi connectivity index (χ4n) is 1.23. The van der Waals surface area contributed by atoms with Crippen LogP contribution in [-0.2, 0) is 4.79 Å². The zero-order valence-electron chi connectivity index (χ0n) is 8.47. The molecule has 2 nitrogen and oxygen atoms in total. The molecule has 0 aromatic heterocycles. The summed E-state index contributed by atoms with van der Waals surface area (Å²) in [6.07, 6.45) is 0.347. The molecule has 4 heteroatoms. The van der Waals surface area contributed by atoms with Gasteiger partial charge < -0.3 is 5.32 Å². The van der Waals surface area contributed by atoms with E-state index in [9.17, 15) is 4.79 Å². The molecule has 0 saturated carbocycles. The van der Waals surface area contributed by atoms with Gasteiger partial charge in [0.05, 0.1) is 6.04 Å². The lowest BCUT2D eigenvalue weighted by atomic mass is 10.1. The number of halogens is 2. The van der Waals surface area contributed by atoms with Crippen LogP contribution in [0, 0.1) is 0 Å². The van der Waals surface area contributed by atoms with E-state index >= 15 is 0 Å². The van der Waals surface area contributed by atoms with Gasteiger partial charge in [-0.05, 0) is 24.6 Å². The normalized spacial score (nSPS) is 12.2. The minimum absolute atomic E-state index is 0.0158. The Kier molecular flexibility index (Phi) is 4.92. The molecule has 1 aromatic carbocycles. The molecule has 0 aliphatic heterocycles. The van der Waals surface area contributed by atoms with Gasteiger partial charge in [0.15, 0.2) is 0 Å². The van der Waals surface area contributed by atoms with Crippen LogP contribution in [0.25, 0.3) is 0 Å². The van der Waals surface area contributed by atoms with E-state index < -0.39 is 0 Å². The Morgan fingerprint density at radius 3 is 2.53 bits per heavy atom. The van der Waals surface area contributed by atoms with Crippen molar-refractivity contribution in [2.45, 2.75) is 19.4 Å². The number of amides is 1. The third-order valence-electron chi connectivity index (χ3n) is 2.07. The van der Waals surface area contributed by atoms with Crippen molar-refractivity contribution >= 4 is 29.1 Å². The first-order valence-corrected chi connectivity index (χ1v) is 5.65. The van der Waals surface area contributed by atoms with Crippen molar-refractivity contribution in [1.82, 2.24) is 5.32 Å². The van der Waals surface area contributed by atoms with Crippen LogP contribution >= 0.6 is 23.2 Å². The minimum atomic E-state index is -0.0348. The fourth-order valence-corrected chi connectivity index (χ4v) is 1.53. The van der Waals surface area contributed by atoms with E-state index in [0.29, 0.717) is 17.3 Å². The SMILES string of the molecule is CC(NC(=O)CCCl)c1ccc(Cl)cc1. The summed E-state index contributed by atoms with van der Waals surface area (Å²) < 4.78 is 0. The van der Waals surface area contributed by atoms with Crippen LogP contribution in [0.3, 0.4) is 0 Å². The highest BCUT2D eigenvalue weighted by Crippen LogP contribution is 2.15. The highest BCUT2D eigenvalue weighted by Gasteiger charge is 2.08. The Morgan fingerprint density at radius 2 is 2.00 bits per heavy atom. The minimum Gasteiger partial charge on any atom is -0.350 e. The highest BCUT2D eigenvalue weighted by atomic mass is 35.5. The molecule has 0 fully saturated rings. The van der Waals surface area contributed by atoms with Crippen molar-refractivity contribution in [1.29, 1.82) is 0 Å². The van der Waals surface area contributed by atoms with Gasteiger partial charge in [-0.15, -0.1) is 11.6 Å². The first-order chi connectivity index (χ1) is 7.13. The van der Waals surface area contributed by atoms with Gasteiger partial charge >= 0.3 is 0 Å². The molecule has 0 aliphatic rings. The van der Waals surface area contributed by atoms with E-state index in [1.165, 1.54) is 0 Å². The predicted octanol–water partition coefficient (Wildman–Crippen LogP) is 3.15. The van der Waals surface area contributed by atoms with Gasteiger partial charge in [-0.2, -0.15) is 0 Å². The average Bonchev–Trinajstić information content (AvgIpc) is 2.18. The standard InChI is InChI=1S/C11H13Cl2NO/c1-8(14-11(15)6-7-12)9-2-4-10(13)5-3-9/h2-5,8H,6-7H2,1H3,(H,14,15). The van der Waals surface area contributed by atoms with Crippen molar-refractivity contribution < 1.29 is 4.79 Å². The molecule has 0 heterocycles. The van der Waals surface area contributed by atoms with Crippen molar-refractivity contribution in [2.75, 3.05) is 5.88 Å². The second kappa shape index (κ2) is 5.99. The van der Waals surface area contributed by atoms with E-state index in [2.05, 4.69) is 5.32 Å². The Bertz CT molecular complexity index is 324. The molecule has 0 aliphatic carbocycles. The largest absolute Gasteiger partial charge is 0.350 e. The first kappa shape index (κ1) is 12.3. The van der Waals surface area contributed by atoms with Gasteiger partial charge in [-0.1, -0.05) is 23.7 Å². The van der Waals surface area contributed by atoms with Gasteiger partial charge in [-0.3, -0.25) is 4.79 Å². The maximum Gasteiger partial charge on any atom is 0.221 e. The first-order valence-electron chi connectivity index (χ1n) is 4.74. The van der Waals surface area contributed by atoms with Gasteiger partial charge in [0.25, 0.3) is 0 Å². The molecule has 1 aromatic rings. The van der Waals surface area contributed by atoms with Crippen molar-refractivity contribution in [3.8, 4) is 0 Å². The lowest BCUT2D eigenvalue weighted by molar-refractivity contribution is -0.121. The van der Waals surface area contributed by atoms with Crippen LogP contribution in [0.15, 0.2) is 24.3 Å². The maximum atomic E-state index is 11.3. The summed E-state index contributed by atoms with van der Waals surface area (Å²) in [4.78, 5) is 11.3. The topological polar surface area (TPSA) is 29.1 Å². The summed E-state index contributed by atoms with van der Waals surface area (Å²) in [5, 5.41) is 3.54. The maximum absolute atomic E-state index is 11.3. The number of carbonyl (C=O) groups is 1. The molecule has 0 saturated heterocycles. The van der Waals surface area contributed by atoms with Crippen molar-refractivity contribution in [3.05, 3.63) is 34.9 Å². The number of benzene rings is 1. The fraction of sp³-hybridized carbons (Fsp3) is 0.364. The molecule has 0 bridgehead atoms. The van der Waals surface area contributed by atoms with Gasteiger partial charge in [0, 0.05) is 17.3 Å². The zero-order valence-corrected chi connectivity index (χ0v) is 9.98.